The lowest BCUT2D eigenvalue weighted by Crippen LogP contribution is -2.34. The maximum Gasteiger partial charge on any atom is 0.307 e. The number of sulfonamides is 1. The summed E-state index contributed by atoms with van der Waals surface area (Å²) in [4.78, 5) is 22.7. The molecule has 1 rings (SSSR count). The zero-order valence-corrected chi connectivity index (χ0v) is 14.4. The van der Waals surface area contributed by atoms with E-state index in [9.17, 15) is 18.0 Å². The molecule has 2 N–H and O–H groups in total. The van der Waals surface area contributed by atoms with Crippen LogP contribution in [-0.4, -0.2) is 39.5 Å². The van der Waals surface area contributed by atoms with Crippen LogP contribution < -0.4 is 10.0 Å². The molecule has 0 saturated heterocycles. The van der Waals surface area contributed by atoms with Crippen LogP contribution in [0.15, 0.2) is 29.2 Å². The molecular formula is C14H19ClN2O5S. The third kappa shape index (κ3) is 6.98. The van der Waals surface area contributed by atoms with Gasteiger partial charge < -0.3 is 10.1 Å². The monoisotopic (exact) mass is 362 g/mol. The van der Waals surface area contributed by atoms with Crippen LogP contribution in [0.2, 0.25) is 5.02 Å². The second kappa shape index (κ2) is 8.85. The Morgan fingerprint density at radius 2 is 1.91 bits per heavy atom. The molecule has 128 valence electrons. The topological polar surface area (TPSA) is 102 Å². The Morgan fingerprint density at radius 3 is 2.52 bits per heavy atom. The minimum Gasteiger partial charge on any atom is -0.456 e. The van der Waals surface area contributed by atoms with Gasteiger partial charge in [-0.05, 0) is 26.0 Å². The normalized spacial score (nSPS) is 11.3. The molecule has 1 aromatic rings. The second-order valence-electron chi connectivity index (χ2n) is 4.96. The Labute approximate surface area is 140 Å². The first-order valence-electron chi connectivity index (χ1n) is 6.91. The van der Waals surface area contributed by atoms with Gasteiger partial charge in [0.25, 0.3) is 5.91 Å². The highest BCUT2D eigenvalue weighted by atomic mass is 35.5. The van der Waals surface area contributed by atoms with Crippen molar-refractivity contribution in [3.8, 4) is 0 Å². The molecule has 0 unspecified atom stereocenters. The van der Waals surface area contributed by atoms with E-state index in [-0.39, 0.29) is 28.9 Å². The number of nitrogens with one attached hydrogen (secondary N) is 2. The Kier molecular flexibility index (Phi) is 7.47. The van der Waals surface area contributed by atoms with Crippen LogP contribution in [0.1, 0.15) is 20.3 Å². The first kappa shape index (κ1) is 19.4. The lowest BCUT2D eigenvalue weighted by Gasteiger charge is -2.10. The average Bonchev–Trinajstić information content (AvgIpc) is 2.44. The van der Waals surface area contributed by atoms with Gasteiger partial charge >= 0.3 is 5.97 Å². The minimum atomic E-state index is -3.80. The fraction of sp³-hybridized carbons (Fsp3) is 0.429. The molecule has 1 amide bonds. The standard InChI is InChI=1S/C14H19ClN2O5S/c1-10(2)17-13(18)9-22-14(19)7-8-16-23(20,21)12-6-4-3-5-11(12)15/h3-6,10,16H,7-9H2,1-2H3,(H,17,18). The molecule has 0 fully saturated rings. The lowest BCUT2D eigenvalue weighted by atomic mass is 10.4. The zero-order chi connectivity index (χ0) is 17.5. The molecule has 0 aliphatic heterocycles. The number of ether oxygens (including phenoxy) is 1. The summed E-state index contributed by atoms with van der Waals surface area (Å²) in [5, 5.41) is 2.65. The van der Waals surface area contributed by atoms with E-state index in [1.54, 1.807) is 26.0 Å². The molecule has 0 aromatic heterocycles. The van der Waals surface area contributed by atoms with E-state index in [0.717, 1.165) is 0 Å². The van der Waals surface area contributed by atoms with Gasteiger partial charge in [0, 0.05) is 12.6 Å². The van der Waals surface area contributed by atoms with Crippen LogP contribution >= 0.6 is 11.6 Å². The van der Waals surface area contributed by atoms with Crippen molar-refractivity contribution in [2.75, 3.05) is 13.2 Å². The Morgan fingerprint density at radius 1 is 1.26 bits per heavy atom. The third-order valence-electron chi connectivity index (χ3n) is 2.56. The summed E-state index contributed by atoms with van der Waals surface area (Å²) >= 11 is 5.82. The van der Waals surface area contributed by atoms with Gasteiger partial charge in [0.2, 0.25) is 10.0 Å². The van der Waals surface area contributed by atoms with E-state index in [1.165, 1.54) is 12.1 Å². The van der Waals surface area contributed by atoms with Crippen molar-refractivity contribution in [1.82, 2.24) is 10.0 Å². The van der Waals surface area contributed by atoms with E-state index >= 15 is 0 Å². The third-order valence-corrected chi connectivity index (χ3v) is 4.52. The Hall–Kier alpha value is -1.64. The van der Waals surface area contributed by atoms with E-state index in [4.69, 9.17) is 16.3 Å². The summed E-state index contributed by atoms with van der Waals surface area (Å²) in [5.74, 6) is -1.09. The molecule has 0 saturated carbocycles. The first-order chi connectivity index (χ1) is 10.7. The van der Waals surface area contributed by atoms with Crippen molar-refractivity contribution < 1.29 is 22.7 Å². The number of hydrogen-bond acceptors (Lipinski definition) is 5. The van der Waals surface area contributed by atoms with Crippen LogP contribution in [0.3, 0.4) is 0 Å². The van der Waals surface area contributed by atoms with Crippen molar-refractivity contribution >= 4 is 33.5 Å². The summed E-state index contributed by atoms with van der Waals surface area (Å²) in [6, 6.07) is 5.92. The minimum absolute atomic E-state index is 0.0522. The molecule has 0 bridgehead atoms. The molecule has 0 aliphatic carbocycles. The molecule has 1 aromatic carbocycles. The number of hydrogen-bond donors (Lipinski definition) is 2. The molecule has 0 aliphatic rings. The molecule has 0 radical (unpaired) electrons. The largest absolute Gasteiger partial charge is 0.456 e. The summed E-state index contributed by atoms with van der Waals surface area (Å²) in [6.07, 6.45) is -0.196. The maximum absolute atomic E-state index is 12.0. The number of benzene rings is 1. The van der Waals surface area contributed by atoms with Gasteiger partial charge in [0.05, 0.1) is 11.4 Å². The molecular weight excluding hydrogens is 344 g/mol. The fourth-order valence-electron chi connectivity index (χ4n) is 1.61. The molecule has 0 heterocycles. The van der Waals surface area contributed by atoms with Crippen LogP contribution in [-0.2, 0) is 24.3 Å². The van der Waals surface area contributed by atoms with Gasteiger partial charge in [-0.25, -0.2) is 13.1 Å². The van der Waals surface area contributed by atoms with Gasteiger partial charge in [-0.3, -0.25) is 9.59 Å². The SMILES string of the molecule is CC(C)NC(=O)COC(=O)CCNS(=O)(=O)c1ccccc1Cl. The number of halogens is 1. The van der Waals surface area contributed by atoms with Crippen LogP contribution in [0, 0.1) is 0 Å². The van der Waals surface area contributed by atoms with Crippen molar-refractivity contribution in [2.45, 2.75) is 31.2 Å². The van der Waals surface area contributed by atoms with Crippen molar-refractivity contribution in [3.05, 3.63) is 29.3 Å². The van der Waals surface area contributed by atoms with Crippen LogP contribution in [0.25, 0.3) is 0 Å². The highest BCUT2D eigenvalue weighted by Crippen LogP contribution is 2.19. The summed E-state index contributed by atoms with van der Waals surface area (Å²) in [6.45, 7) is 3.01. The van der Waals surface area contributed by atoms with Gasteiger partial charge in [0.15, 0.2) is 6.61 Å². The van der Waals surface area contributed by atoms with E-state index < -0.39 is 28.5 Å². The van der Waals surface area contributed by atoms with Crippen LogP contribution in [0.5, 0.6) is 0 Å². The molecule has 23 heavy (non-hydrogen) atoms. The quantitative estimate of drug-likeness (QED) is 0.674. The number of carbonyl (C=O) groups excluding carboxylic acids is 2. The van der Waals surface area contributed by atoms with Crippen molar-refractivity contribution in [2.24, 2.45) is 0 Å². The zero-order valence-electron chi connectivity index (χ0n) is 12.8. The number of amides is 1. The molecule has 0 spiro atoms. The maximum atomic E-state index is 12.0. The second-order valence-corrected chi connectivity index (χ2v) is 7.10. The van der Waals surface area contributed by atoms with E-state index in [1.807, 2.05) is 0 Å². The van der Waals surface area contributed by atoms with E-state index in [0.29, 0.717) is 0 Å². The van der Waals surface area contributed by atoms with Crippen molar-refractivity contribution in [1.29, 1.82) is 0 Å². The molecule has 0 atom stereocenters. The van der Waals surface area contributed by atoms with Gasteiger partial charge in [-0.1, -0.05) is 23.7 Å². The Balaban J connectivity index is 2.40. The summed E-state index contributed by atoms with van der Waals surface area (Å²) in [5.41, 5.74) is 0. The van der Waals surface area contributed by atoms with Crippen molar-refractivity contribution in [3.63, 3.8) is 0 Å². The van der Waals surface area contributed by atoms with E-state index in [2.05, 4.69) is 10.0 Å². The smallest absolute Gasteiger partial charge is 0.307 e. The fourth-order valence-corrected chi connectivity index (χ4v) is 3.16. The highest BCUT2D eigenvalue weighted by molar-refractivity contribution is 7.89. The highest BCUT2D eigenvalue weighted by Gasteiger charge is 2.17. The lowest BCUT2D eigenvalue weighted by molar-refractivity contribution is -0.148. The average molecular weight is 363 g/mol. The predicted molar refractivity (Wildman–Crippen MR) is 85.5 cm³/mol. The predicted octanol–water partition coefficient (Wildman–Crippen LogP) is 1.08. The molecule has 7 nitrogen and oxygen atoms in total. The van der Waals surface area contributed by atoms with Gasteiger partial charge in [-0.2, -0.15) is 0 Å². The van der Waals surface area contributed by atoms with Crippen LogP contribution in [0.4, 0.5) is 0 Å². The first-order valence-corrected chi connectivity index (χ1v) is 8.77. The Bertz CT molecular complexity index is 661. The number of carbonyl (C=O) groups is 2. The summed E-state index contributed by atoms with van der Waals surface area (Å²) in [7, 11) is -3.80. The van der Waals surface area contributed by atoms with Gasteiger partial charge in [-0.15, -0.1) is 0 Å². The van der Waals surface area contributed by atoms with Gasteiger partial charge in [0.1, 0.15) is 4.90 Å². The number of rotatable bonds is 8. The molecule has 9 heteroatoms. The summed E-state index contributed by atoms with van der Waals surface area (Å²) < 4.78 is 31.0. The number of esters is 1.